The third-order valence-electron chi connectivity index (χ3n) is 3.42. The van der Waals surface area contributed by atoms with Crippen molar-refractivity contribution in [2.75, 3.05) is 4.72 Å². The van der Waals surface area contributed by atoms with Crippen LogP contribution in [0.4, 0.5) is 10.1 Å². The number of hydrogen-bond donors (Lipinski definition) is 1. The zero-order valence-electron chi connectivity index (χ0n) is 12.2. The van der Waals surface area contributed by atoms with E-state index in [4.69, 9.17) is 0 Å². The molecule has 2 aromatic carbocycles. The summed E-state index contributed by atoms with van der Waals surface area (Å²) >= 11 is 0. The normalized spacial score (nSPS) is 11.6. The van der Waals surface area contributed by atoms with Crippen LogP contribution in [0.2, 0.25) is 0 Å². The molecule has 1 heterocycles. The van der Waals surface area contributed by atoms with Gasteiger partial charge in [0.05, 0.1) is 16.1 Å². The van der Waals surface area contributed by atoms with Crippen LogP contribution in [0.1, 0.15) is 11.7 Å². The Kier molecular flexibility index (Phi) is 3.65. The van der Waals surface area contributed by atoms with E-state index in [1.807, 2.05) is 0 Å². The highest BCUT2D eigenvalue weighted by atomic mass is 32.2. The second-order valence-corrected chi connectivity index (χ2v) is 6.69. The Morgan fingerprint density at radius 2 is 1.78 bits per heavy atom. The lowest BCUT2D eigenvalue weighted by Gasteiger charge is -2.11. The Morgan fingerprint density at radius 1 is 1.09 bits per heavy atom. The van der Waals surface area contributed by atoms with Crippen LogP contribution in [-0.2, 0) is 10.0 Å². The number of para-hydroxylation sites is 1. The van der Waals surface area contributed by atoms with Crippen LogP contribution in [0.3, 0.4) is 0 Å². The van der Waals surface area contributed by atoms with Crippen LogP contribution in [-0.4, -0.2) is 18.9 Å². The molecule has 1 N–H and O–H groups in total. The van der Waals surface area contributed by atoms with E-state index in [9.17, 15) is 17.6 Å². The zero-order valence-corrected chi connectivity index (χ0v) is 13.0. The smallest absolute Gasteiger partial charge is 0.261 e. The number of benzene rings is 2. The minimum atomic E-state index is -3.88. The topological polar surface area (TPSA) is 68.2 Å². The van der Waals surface area contributed by atoms with Crippen molar-refractivity contribution < 1.29 is 17.6 Å². The van der Waals surface area contributed by atoms with Gasteiger partial charge in [-0.1, -0.05) is 12.1 Å². The van der Waals surface area contributed by atoms with Gasteiger partial charge in [0, 0.05) is 18.5 Å². The first-order valence-corrected chi connectivity index (χ1v) is 8.26. The summed E-state index contributed by atoms with van der Waals surface area (Å²) < 4.78 is 41.6. The number of fused-ring (bicyclic) bond motifs is 1. The molecule has 0 aliphatic heterocycles. The summed E-state index contributed by atoms with van der Waals surface area (Å²) in [7, 11) is -3.88. The fourth-order valence-corrected chi connectivity index (χ4v) is 3.42. The maximum Gasteiger partial charge on any atom is 0.261 e. The number of carbonyl (C=O) groups excluding carboxylic acids is 1. The Morgan fingerprint density at radius 3 is 2.43 bits per heavy atom. The van der Waals surface area contributed by atoms with Crippen LogP contribution < -0.4 is 4.72 Å². The number of nitrogens with zero attached hydrogens (tertiary/aromatic N) is 1. The molecule has 0 bridgehead atoms. The fraction of sp³-hybridized carbons (Fsp3) is 0.0625. The van der Waals surface area contributed by atoms with Crippen molar-refractivity contribution in [2.24, 2.45) is 0 Å². The number of aromatic nitrogens is 1. The summed E-state index contributed by atoms with van der Waals surface area (Å²) in [6, 6.07) is 11.3. The highest BCUT2D eigenvalue weighted by molar-refractivity contribution is 7.92. The van der Waals surface area contributed by atoms with Gasteiger partial charge >= 0.3 is 0 Å². The molecule has 23 heavy (non-hydrogen) atoms. The molecule has 0 atom stereocenters. The molecule has 118 valence electrons. The molecule has 7 heteroatoms. The molecule has 0 unspecified atom stereocenters. The first-order valence-electron chi connectivity index (χ1n) is 6.78. The van der Waals surface area contributed by atoms with Gasteiger partial charge < -0.3 is 0 Å². The van der Waals surface area contributed by atoms with E-state index in [1.54, 1.807) is 30.5 Å². The van der Waals surface area contributed by atoms with Crippen LogP contribution >= 0.6 is 0 Å². The van der Waals surface area contributed by atoms with E-state index in [0.29, 0.717) is 5.52 Å². The Hall–Kier alpha value is -2.67. The zero-order chi connectivity index (χ0) is 16.6. The summed E-state index contributed by atoms with van der Waals surface area (Å²) in [5.41, 5.74) is 0.762. The fourth-order valence-electron chi connectivity index (χ4n) is 2.36. The Bertz CT molecular complexity index is 992. The van der Waals surface area contributed by atoms with Crippen molar-refractivity contribution in [1.29, 1.82) is 0 Å². The van der Waals surface area contributed by atoms with E-state index in [1.165, 1.54) is 23.6 Å². The standard InChI is InChI=1S/C16H13FN2O3S/c1-11(20)19-10-9-12-3-2-4-15(16(12)19)18-23(21,22)14-7-5-13(17)6-8-14/h2-10,18H,1H3. The monoisotopic (exact) mass is 332 g/mol. The SMILES string of the molecule is CC(=O)n1ccc2cccc(NS(=O)(=O)c3ccc(F)cc3)c21. The quantitative estimate of drug-likeness (QED) is 0.800. The molecule has 0 amide bonds. The lowest BCUT2D eigenvalue weighted by atomic mass is 10.2. The van der Waals surface area contributed by atoms with Crippen LogP contribution in [0.5, 0.6) is 0 Å². The Labute approximate surface area is 132 Å². The van der Waals surface area contributed by atoms with Gasteiger partial charge in [-0.2, -0.15) is 0 Å². The molecule has 3 aromatic rings. The highest BCUT2D eigenvalue weighted by Gasteiger charge is 2.17. The van der Waals surface area contributed by atoms with Crippen LogP contribution in [0, 0.1) is 5.82 Å². The number of halogens is 1. The third kappa shape index (κ3) is 2.83. The van der Waals surface area contributed by atoms with Gasteiger partial charge in [-0.3, -0.25) is 14.1 Å². The second-order valence-electron chi connectivity index (χ2n) is 5.01. The van der Waals surface area contributed by atoms with Crippen molar-refractivity contribution in [3.8, 4) is 0 Å². The van der Waals surface area contributed by atoms with E-state index < -0.39 is 15.8 Å². The van der Waals surface area contributed by atoms with E-state index in [0.717, 1.165) is 17.5 Å². The van der Waals surface area contributed by atoms with Crippen molar-refractivity contribution in [3.63, 3.8) is 0 Å². The van der Waals surface area contributed by atoms with E-state index >= 15 is 0 Å². The van der Waals surface area contributed by atoms with Crippen LogP contribution in [0.15, 0.2) is 59.6 Å². The van der Waals surface area contributed by atoms with E-state index in [2.05, 4.69) is 4.72 Å². The molecular formula is C16H13FN2O3S. The molecule has 0 radical (unpaired) electrons. The predicted molar refractivity (Wildman–Crippen MR) is 85.4 cm³/mol. The molecule has 0 aliphatic rings. The molecule has 0 fully saturated rings. The number of carbonyl (C=O) groups is 1. The van der Waals surface area contributed by atoms with Gasteiger partial charge in [0.15, 0.2) is 0 Å². The Balaban J connectivity index is 2.09. The van der Waals surface area contributed by atoms with Crippen molar-refractivity contribution >= 4 is 32.5 Å². The third-order valence-corrected chi connectivity index (χ3v) is 4.80. The number of nitrogens with one attached hydrogen (secondary N) is 1. The van der Waals surface area contributed by atoms with Gasteiger partial charge in [-0.25, -0.2) is 12.8 Å². The maximum absolute atomic E-state index is 13.0. The van der Waals surface area contributed by atoms with Gasteiger partial charge in [0.2, 0.25) is 5.91 Å². The number of anilines is 1. The number of rotatable bonds is 3. The van der Waals surface area contributed by atoms with Crippen molar-refractivity contribution in [1.82, 2.24) is 4.57 Å². The van der Waals surface area contributed by atoms with Crippen molar-refractivity contribution in [3.05, 3.63) is 60.5 Å². The summed E-state index contributed by atoms with van der Waals surface area (Å²) in [6.45, 7) is 1.39. The summed E-state index contributed by atoms with van der Waals surface area (Å²) in [6.07, 6.45) is 1.59. The predicted octanol–water partition coefficient (Wildman–Crippen LogP) is 3.24. The van der Waals surface area contributed by atoms with Gasteiger partial charge in [-0.15, -0.1) is 0 Å². The van der Waals surface area contributed by atoms with E-state index in [-0.39, 0.29) is 16.5 Å². The lowest BCUT2D eigenvalue weighted by molar-refractivity contribution is 0.0941. The summed E-state index contributed by atoms with van der Waals surface area (Å²) in [4.78, 5) is 11.6. The first-order chi connectivity index (χ1) is 10.9. The minimum Gasteiger partial charge on any atom is -0.285 e. The molecule has 0 aliphatic carbocycles. The number of sulfonamides is 1. The maximum atomic E-state index is 13.0. The van der Waals surface area contributed by atoms with Gasteiger partial charge in [0.25, 0.3) is 10.0 Å². The average Bonchev–Trinajstić information content (AvgIpc) is 2.92. The molecule has 1 aromatic heterocycles. The van der Waals surface area contributed by atoms with Crippen molar-refractivity contribution in [2.45, 2.75) is 11.8 Å². The molecule has 0 saturated heterocycles. The average molecular weight is 332 g/mol. The van der Waals surface area contributed by atoms with Gasteiger partial charge in [0.1, 0.15) is 5.82 Å². The lowest BCUT2D eigenvalue weighted by Crippen LogP contribution is -2.14. The molecule has 0 spiro atoms. The minimum absolute atomic E-state index is 0.0585. The summed E-state index contributed by atoms with van der Waals surface area (Å²) in [5, 5.41) is 0.736. The molecule has 3 rings (SSSR count). The molecule has 0 saturated carbocycles. The second kappa shape index (κ2) is 5.51. The first kappa shape index (κ1) is 15.2. The van der Waals surface area contributed by atoms with Crippen LogP contribution in [0.25, 0.3) is 10.9 Å². The largest absolute Gasteiger partial charge is 0.285 e. The highest BCUT2D eigenvalue weighted by Crippen LogP contribution is 2.27. The molecular weight excluding hydrogens is 319 g/mol. The summed E-state index contributed by atoms with van der Waals surface area (Å²) in [5.74, 6) is -0.745. The number of hydrogen-bond acceptors (Lipinski definition) is 3. The van der Waals surface area contributed by atoms with Gasteiger partial charge in [-0.05, 0) is 36.4 Å². The molecule has 5 nitrogen and oxygen atoms in total.